The number of ether oxygens (including phenoxy) is 2. The van der Waals surface area contributed by atoms with Crippen LogP contribution < -0.4 is 4.74 Å². The van der Waals surface area contributed by atoms with Crippen LogP contribution in [0, 0.1) is 18.3 Å². The summed E-state index contributed by atoms with van der Waals surface area (Å²) in [7, 11) is 0. The summed E-state index contributed by atoms with van der Waals surface area (Å²) in [5, 5.41) is 26.0. The average molecular weight is 343 g/mol. The number of benzene rings is 1. The van der Waals surface area contributed by atoms with Crippen LogP contribution in [-0.4, -0.2) is 64.1 Å². The molecule has 0 bridgehead atoms. The first kappa shape index (κ1) is 17.4. The molecule has 8 heteroatoms. The molecular formula is C17H21N5O3. The van der Waals surface area contributed by atoms with E-state index in [0.717, 1.165) is 12.4 Å². The second kappa shape index (κ2) is 8.07. The lowest BCUT2D eigenvalue weighted by Crippen LogP contribution is -2.43. The average Bonchev–Trinajstić information content (AvgIpc) is 3.07. The molecular weight excluding hydrogens is 322 g/mol. The predicted octanol–water partition coefficient (Wildman–Crippen LogP) is 0.798. The third-order valence-corrected chi connectivity index (χ3v) is 3.95. The molecule has 0 spiro atoms. The van der Waals surface area contributed by atoms with Crippen molar-refractivity contribution in [3.8, 4) is 11.8 Å². The highest BCUT2D eigenvalue weighted by atomic mass is 16.5. The van der Waals surface area contributed by atoms with Crippen LogP contribution in [0.4, 0.5) is 0 Å². The number of aryl methyl sites for hydroxylation is 1. The van der Waals surface area contributed by atoms with Crippen LogP contribution in [0.25, 0.3) is 0 Å². The van der Waals surface area contributed by atoms with Crippen LogP contribution in [-0.2, 0) is 4.74 Å². The molecule has 2 heterocycles. The number of rotatable bonds is 6. The van der Waals surface area contributed by atoms with Crippen LogP contribution >= 0.6 is 0 Å². The lowest BCUT2D eigenvalue weighted by Gasteiger charge is -2.32. The predicted molar refractivity (Wildman–Crippen MR) is 88.9 cm³/mol. The molecule has 2 aromatic rings. The van der Waals surface area contributed by atoms with Crippen LogP contribution in [0.2, 0.25) is 0 Å². The second-order valence-corrected chi connectivity index (χ2v) is 6.00. The Kier molecular flexibility index (Phi) is 5.60. The number of aliphatic hydroxyl groups is 1. The molecule has 132 valence electrons. The number of H-pyrrole nitrogens is 1. The molecule has 0 unspecified atom stereocenters. The highest BCUT2D eigenvalue weighted by Gasteiger charge is 2.26. The van der Waals surface area contributed by atoms with Gasteiger partial charge in [0.2, 0.25) is 0 Å². The number of nitriles is 1. The van der Waals surface area contributed by atoms with E-state index < -0.39 is 6.10 Å². The number of β-amino-alcohol motifs (C(OH)–C–C–N with tert-alkyl or cyclic N) is 1. The van der Waals surface area contributed by atoms with Gasteiger partial charge in [-0.1, -0.05) is 0 Å². The van der Waals surface area contributed by atoms with E-state index in [1.807, 2.05) is 6.92 Å². The lowest BCUT2D eigenvalue weighted by atomic mass is 10.2. The Morgan fingerprint density at radius 1 is 1.48 bits per heavy atom. The molecule has 3 rings (SSSR count). The van der Waals surface area contributed by atoms with E-state index >= 15 is 0 Å². The van der Waals surface area contributed by atoms with Crippen molar-refractivity contribution in [3.05, 3.63) is 41.5 Å². The maximum atomic E-state index is 10.2. The zero-order chi connectivity index (χ0) is 17.6. The topological polar surface area (TPSA) is 107 Å². The zero-order valence-corrected chi connectivity index (χ0v) is 14.1. The van der Waals surface area contributed by atoms with Crippen molar-refractivity contribution in [1.29, 1.82) is 5.26 Å². The highest BCUT2D eigenvalue weighted by Crippen LogP contribution is 2.19. The van der Waals surface area contributed by atoms with Gasteiger partial charge in [0.05, 0.1) is 18.2 Å². The number of nitrogens with zero attached hydrogens (tertiary/aromatic N) is 4. The van der Waals surface area contributed by atoms with Gasteiger partial charge in [0, 0.05) is 19.6 Å². The summed E-state index contributed by atoms with van der Waals surface area (Å²) in [6, 6.07) is 8.88. The SMILES string of the molecule is Cc1nc([C@@H]2CN(C[C@@H](O)COc3ccc(C#N)cc3)CCO2)n[nH]1. The molecule has 1 aromatic heterocycles. The molecule has 1 aromatic carbocycles. The summed E-state index contributed by atoms with van der Waals surface area (Å²) >= 11 is 0. The van der Waals surface area contributed by atoms with E-state index in [1.54, 1.807) is 24.3 Å². The Morgan fingerprint density at radius 3 is 2.96 bits per heavy atom. The molecule has 2 N–H and O–H groups in total. The van der Waals surface area contributed by atoms with Gasteiger partial charge in [0.25, 0.3) is 0 Å². The molecule has 0 aliphatic carbocycles. The Morgan fingerprint density at radius 2 is 2.28 bits per heavy atom. The maximum absolute atomic E-state index is 10.2. The molecule has 0 saturated carbocycles. The quantitative estimate of drug-likeness (QED) is 0.799. The van der Waals surface area contributed by atoms with E-state index in [-0.39, 0.29) is 12.7 Å². The largest absolute Gasteiger partial charge is 0.491 e. The summed E-state index contributed by atoms with van der Waals surface area (Å²) in [5.74, 6) is 2.03. The van der Waals surface area contributed by atoms with Gasteiger partial charge in [0.15, 0.2) is 5.82 Å². The zero-order valence-electron chi connectivity index (χ0n) is 14.1. The summed E-state index contributed by atoms with van der Waals surface area (Å²) in [4.78, 5) is 6.43. The van der Waals surface area contributed by atoms with Crippen molar-refractivity contribution < 1.29 is 14.6 Å². The monoisotopic (exact) mass is 343 g/mol. The van der Waals surface area contributed by atoms with Gasteiger partial charge < -0.3 is 14.6 Å². The second-order valence-electron chi connectivity index (χ2n) is 6.00. The number of aliphatic hydroxyl groups excluding tert-OH is 1. The van der Waals surface area contributed by atoms with E-state index in [9.17, 15) is 5.11 Å². The van der Waals surface area contributed by atoms with Gasteiger partial charge in [-0.2, -0.15) is 10.4 Å². The van der Waals surface area contributed by atoms with Gasteiger partial charge in [-0.15, -0.1) is 0 Å². The first-order valence-corrected chi connectivity index (χ1v) is 8.18. The summed E-state index contributed by atoms with van der Waals surface area (Å²) in [6.07, 6.45) is -0.811. The molecule has 1 saturated heterocycles. The molecule has 25 heavy (non-hydrogen) atoms. The minimum absolute atomic E-state index is 0.188. The van der Waals surface area contributed by atoms with E-state index in [2.05, 4.69) is 26.2 Å². The minimum atomic E-state index is -0.622. The van der Waals surface area contributed by atoms with Crippen LogP contribution in [0.15, 0.2) is 24.3 Å². The molecule has 1 fully saturated rings. The molecule has 0 radical (unpaired) electrons. The fourth-order valence-corrected chi connectivity index (χ4v) is 2.70. The Balaban J connectivity index is 1.47. The van der Waals surface area contributed by atoms with Crippen molar-refractivity contribution >= 4 is 0 Å². The number of nitrogens with one attached hydrogen (secondary N) is 1. The van der Waals surface area contributed by atoms with Crippen molar-refractivity contribution in [1.82, 2.24) is 20.1 Å². The Hall–Kier alpha value is -2.47. The fourth-order valence-electron chi connectivity index (χ4n) is 2.70. The number of aromatic amines is 1. The number of hydrogen-bond donors (Lipinski definition) is 2. The Labute approximate surface area is 146 Å². The highest BCUT2D eigenvalue weighted by molar-refractivity contribution is 5.34. The van der Waals surface area contributed by atoms with Gasteiger partial charge in [-0.05, 0) is 31.2 Å². The summed E-state index contributed by atoms with van der Waals surface area (Å²) in [6.45, 7) is 4.47. The molecule has 2 atom stereocenters. The number of aromatic nitrogens is 3. The van der Waals surface area contributed by atoms with Gasteiger partial charge in [-0.25, -0.2) is 4.98 Å². The summed E-state index contributed by atoms with van der Waals surface area (Å²) in [5.41, 5.74) is 0.578. The minimum Gasteiger partial charge on any atom is -0.491 e. The summed E-state index contributed by atoms with van der Waals surface area (Å²) < 4.78 is 11.3. The normalized spacial score (nSPS) is 19.3. The van der Waals surface area contributed by atoms with Gasteiger partial charge in [0.1, 0.15) is 30.4 Å². The van der Waals surface area contributed by atoms with E-state index in [4.69, 9.17) is 14.7 Å². The first-order valence-electron chi connectivity index (χ1n) is 8.18. The third-order valence-electron chi connectivity index (χ3n) is 3.95. The van der Waals surface area contributed by atoms with Crippen molar-refractivity contribution in [2.75, 3.05) is 32.8 Å². The van der Waals surface area contributed by atoms with Crippen LogP contribution in [0.1, 0.15) is 23.3 Å². The lowest BCUT2D eigenvalue weighted by molar-refractivity contribution is -0.0493. The van der Waals surface area contributed by atoms with Gasteiger partial charge >= 0.3 is 0 Å². The molecule has 1 aliphatic rings. The molecule has 1 aliphatic heterocycles. The standard InChI is InChI=1S/C17H21N5O3/c1-12-19-17(21-20-12)16-10-22(6-7-24-16)9-14(23)11-25-15-4-2-13(8-18)3-5-15/h2-5,14,16,23H,6-7,9-11H2,1H3,(H,19,20,21)/t14-,16+/m1/s1. The molecule has 0 amide bonds. The van der Waals surface area contributed by atoms with Gasteiger partial charge in [-0.3, -0.25) is 10.00 Å². The van der Waals surface area contributed by atoms with E-state index in [1.165, 1.54) is 0 Å². The van der Waals surface area contributed by atoms with Crippen LogP contribution in [0.5, 0.6) is 5.75 Å². The third kappa shape index (κ3) is 4.76. The number of morpholine rings is 1. The van der Waals surface area contributed by atoms with E-state index in [0.29, 0.717) is 36.8 Å². The van der Waals surface area contributed by atoms with Crippen molar-refractivity contribution in [2.45, 2.75) is 19.1 Å². The smallest absolute Gasteiger partial charge is 0.180 e. The first-order chi connectivity index (χ1) is 12.1. The fraction of sp³-hybridized carbons (Fsp3) is 0.471. The van der Waals surface area contributed by atoms with Crippen molar-refractivity contribution in [2.24, 2.45) is 0 Å². The molecule has 8 nitrogen and oxygen atoms in total. The Bertz CT molecular complexity index is 725. The van der Waals surface area contributed by atoms with Crippen LogP contribution in [0.3, 0.4) is 0 Å². The number of hydrogen-bond acceptors (Lipinski definition) is 7. The van der Waals surface area contributed by atoms with Crippen molar-refractivity contribution in [3.63, 3.8) is 0 Å². The maximum Gasteiger partial charge on any atom is 0.180 e.